The van der Waals surface area contributed by atoms with Gasteiger partial charge in [0.2, 0.25) is 0 Å². The molecule has 1 rings (SSSR count). The fourth-order valence-corrected chi connectivity index (χ4v) is 2.55. The number of unbranched alkanes of at least 4 members (excludes halogenated alkanes) is 3. The number of benzene rings is 1. The van der Waals surface area contributed by atoms with Crippen LogP contribution in [0.25, 0.3) is 0 Å². The van der Waals surface area contributed by atoms with Crippen molar-refractivity contribution in [2.24, 2.45) is 0 Å². The minimum atomic E-state index is -4.66. The summed E-state index contributed by atoms with van der Waals surface area (Å²) >= 11 is 0. The van der Waals surface area contributed by atoms with Gasteiger partial charge in [0, 0.05) is 6.92 Å². The first-order chi connectivity index (χ1) is 9.34. The fourth-order valence-electron chi connectivity index (χ4n) is 1.90. The summed E-state index contributed by atoms with van der Waals surface area (Å²) in [6.45, 7) is 3.26. The Bertz CT molecular complexity index is 569. The molecule has 1 aromatic rings. The predicted molar refractivity (Wildman–Crippen MR) is 73.6 cm³/mol. The third kappa shape index (κ3) is 7.42. The van der Waals surface area contributed by atoms with Crippen LogP contribution in [0.1, 0.15) is 45.1 Å². The molecule has 0 radical (unpaired) electrons. The first kappa shape index (κ1) is 20.6. The standard InChI is InChI=1S/C14H20O5S.Na/c1-3-4-5-6-7-12-8-9-13(19-11(2)15)14(10-12)20(16,17)18;/h8-10H,3-7H2,1-2H3,(H,16,17,18);/q;+1/p-1. The van der Waals surface area contributed by atoms with E-state index in [4.69, 9.17) is 4.74 Å². The zero-order valence-corrected chi connectivity index (χ0v) is 15.5. The van der Waals surface area contributed by atoms with Gasteiger partial charge in [0.05, 0.1) is 4.90 Å². The van der Waals surface area contributed by atoms with E-state index in [1.54, 1.807) is 6.07 Å². The van der Waals surface area contributed by atoms with Crippen LogP contribution in [0.2, 0.25) is 0 Å². The number of carbonyl (C=O) groups is 1. The molecule has 0 aromatic heterocycles. The SMILES string of the molecule is CCCCCCc1ccc(OC(C)=O)c(S(=O)(=O)[O-])c1.[Na+]. The Morgan fingerprint density at radius 2 is 1.90 bits per heavy atom. The molecule has 0 saturated heterocycles. The smallest absolute Gasteiger partial charge is 0.744 e. The Kier molecular flexibility index (Phi) is 9.40. The maximum Gasteiger partial charge on any atom is 1.00 e. The molecule has 7 heteroatoms. The van der Waals surface area contributed by atoms with Crippen molar-refractivity contribution in [1.29, 1.82) is 0 Å². The van der Waals surface area contributed by atoms with Crippen molar-refractivity contribution < 1.29 is 52.1 Å². The number of aryl methyl sites for hydroxylation is 1. The average molecular weight is 322 g/mol. The van der Waals surface area contributed by atoms with Gasteiger partial charge in [0.15, 0.2) is 0 Å². The van der Waals surface area contributed by atoms with Crippen LogP contribution >= 0.6 is 0 Å². The molecule has 0 spiro atoms. The molecule has 112 valence electrons. The van der Waals surface area contributed by atoms with Gasteiger partial charge in [-0.2, -0.15) is 0 Å². The van der Waals surface area contributed by atoms with E-state index in [0.29, 0.717) is 6.42 Å². The van der Waals surface area contributed by atoms with Gasteiger partial charge in [-0.05, 0) is 30.5 Å². The zero-order chi connectivity index (χ0) is 15.2. The molecule has 0 saturated carbocycles. The maximum atomic E-state index is 11.2. The Balaban J connectivity index is 0.00000400. The minimum Gasteiger partial charge on any atom is -0.744 e. The van der Waals surface area contributed by atoms with Gasteiger partial charge >= 0.3 is 35.5 Å². The number of hydrogen-bond acceptors (Lipinski definition) is 5. The maximum absolute atomic E-state index is 11.2. The molecule has 21 heavy (non-hydrogen) atoms. The quantitative estimate of drug-likeness (QED) is 0.225. The number of ether oxygens (including phenoxy) is 1. The Morgan fingerprint density at radius 1 is 1.24 bits per heavy atom. The topological polar surface area (TPSA) is 83.5 Å². The van der Waals surface area contributed by atoms with Crippen LogP contribution in [0.4, 0.5) is 0 Å². The largest absolute Gasteiger partial charge is 1.00 e. The molecule has 0 amide bonds. The summed E-state index contributed by atoms with van der Waals surface area (Å²) in [5, 5.41) is 0. The molecule has 5 nitrogen and oxygen atoms in total. The number of rotatable bonds is 7. The Labute approximate surface area is 148 Å². The third-order valence-corrected chi connectivity index (χ3v) is 3.71. The molecule has 0 atom stereocenters. The van der Waals surface area contributed by atoms with Crippen LogP contribution in [0, 0.1) is 0 Å². The van der Waals surface area contributed by atoms with E-state index in [2.05, 4.69) is 6.92 Å². The Hall–Kier alpha value is -0.400. The number of hydrogen-bond donors (Lipinski definition) is 0. The monoisotopic (exact) mass is 322 g/mol. The van der Waals surface area contributed by atoms with E-state index < -0.39 is 21.0 Å². The summed E-state index contributed by atoms with van der Waals surface area (Å²) in [6.07, 6.45) is 4.92. The van der Waals surface area contributed by atoms with E-state index in [0.717, 1.165) is 38.2 Å². The van der Waals surface area contributed by atoms with Crippen LogP contribution in [0.5, 0.6) is 5.75 Å². The minimum absolute atomic E-state index is 0. The van der Waals surface area contributed by atoms with Crippen LogP contribution in [-0.4, -0.2) is 18.9 Å². The molecule has 0 unspecified atom stereocenters. The number of carbonyl (C=O) groups excluding carboxylic acids is 1. The van der Waals surface area contributed by atoms with Gasteiger partial charge in [-0.25, -0.2) is 8.42 Å². The van der Waals surface area contributed by atoms with E-state index in [-0.39, 0.29) is 35.3 Å². The van der Waals surface area contributed by atoms with Crippen LogP contribution in [0.15, 0.2) is 23.1 Å². The summed E-state index contributed by atoms with van der Waals surface area (Å²) in [5.74, 6) is -0.865. The molecular formula is C14H19NaO5S. The predicted octanol–water partition coefficient (Wildman–Crippen LogP) is -0.357. The zero-order valence-electron chi connectivity index (χ0n) is 12.7. The van der Waals surface area contributed by atoms with Gasteiger partial charge in [0.25, 0.3) is 0 Å². The molecule has 0 aliphatic heterocycles. The second kappa shape index (κ2) is 9.58. The van der Waals surface area contributed by atoms with Crippen molar-refractivity contribution in [3.05, 3.63) is 23.8 Å². The van der Waals surface area contributed by atoms with Crippen molar-refractivity contribution in [1.82, 2.24) is 0 Å². The molecule has 1 aromatic carbocycles. The fraction of sp³-hybridized carbons (Fsp3) is 0.500. The van der Waals surface area contributed by atoms with Crippen molar-refractivity contribution in [3.63, 3.8) is 0 Å². The second-order valence-electron chi connectivity index (χ2n) is 4.64. The van der Waals surface area contributed by atoms with Crippen LogP contribution in [-0.2, 0) is 21.3 Å². The van der Waals surface area contributed by atoms with E-state index in [1.807, 2.05) is 0 Å². The van der Waals surface area contributed by atoms with Crippen molar-refractivity contribution >= 4 is 16.1 Å². The van der Waals surface area contributed by atoms with E-state index in [1.165, 1.54) is 12.1 Å². The molecule has 0 N–H and O–H groups in total. The van der Waals surface area contributed by atoms with Gasteiger partial charge in [-0.15, -0.1) is 0 Å². The molecular weight excluding hydrogens is 303 g/mol. The van der Waals surface area contributed by atoms with Crippen LogP contribution < -0.4 is 34.3 Å². The first-order valence-electron chi connectivity index (χ1n) is 6.62. The van der Waals surface area contributed by atoms with Crippen molar-refractivity contribution in [3.8, 4) is 5.75 Å². The normalized spacial score (nSPS) is 10.8. The molecule has 0 aliphatic rings. The molecule has 0 fully saturated rings. The van der Waals surface area contributed by atoms with Crippen molar-refractivity contribution in [2.45, 2.75) is 50.8 Å². The number of esters is 1. The van der Waals surface area contributed by atoms with Gasteiger partial charge in [0.1, 0.15) is 15.9 Å². The summed E-state index contributed by atoms with van der Waals surface area (Å²) < 4.78 is 38.4. The average Bonchev–Trinajstić information content (AvgIpc) is 2.34. The van der Waals surface area contributed by atoms with Crippen molar-refractivity contribution in [2.75, 3.05) is 0 Å². The first-order valence-corrected chi connectivity index (χ1v) is 8.02. The molecule has 0 aliphatic carbocycles. The van der Waals surface area contributed by atoms with Crippen LogP contribution in [0.3, 0.4) is 0 Å². The summed E-state index contributed by atoms with van der Waals surface area (Å²) in [5.41, 5.74) is 0.756. The summed E-state index contributed by atoms with van der Waals surface area (Å²) in [7, 11) is -4.66. The van der Waals surface area contributed by atoms with Gasteiger partial charge in [-0.3, -0.25) is 4.79 Å². The molecule has 0 bridgehead atoms. The van der Waals surface area contributed by atoms with Gasteiger partial charge in [-0.1, -0.05) is 32.3 Å². The van der Waals surface area contributed by atoms with Gasteiger partial charge < -0.3 is 9.29 Å². The molecule has 0 heterocycles. The Morgan fingerprint density at radius 3 is 2.43 bits per heavy atom. The van der Waals surface area contributed by atoms with E-state index in [9.17, 15) is 17.8 Å². The second-order valence-corrected chi connectivity index (χ2v) is 5.99. The summed E-state index contributed by atoms with van der Waals surface area (Å²) in [6, 6.07) is 4.34. The van der Waals surface area contributed by atoms with E-state index >= 15 is 0 Å². The third-order valence-electron chi connectivity index (χ3n) is 2.85. The summed E-state index contributed by atoms with van der Waals surface area (Å²) in [4.78, 5) is 10.4.